The van der Waals surface area contributed by atoms with E-state index in [0.717, 1.165) is 19.3 Å². The van der Waals surface area contributed by atoms with Gasteiger partial charge in [0.05, 0.1) is 0 Å². The largest absolute Gasteiger partial charge is 0.396 e. The van der Waals surface area contributed by atoms with Crippen LogP contribution in [0.25, 0.3) is 0 Å². The summed E-state index contributed by atoms with van der Waals surface area (Å²) in [5.74, 6) is 0. The van der Waals surface area contributed by atoms with Gasteiger partial charge in [0.25, 0.3) is 0 Å². The Kier molecular flexibility index (Phi) is 12.4. The molecular formula is C13H26O. The molecule has 1 N–H and O–H groups in total. The van der Waals surface area contributed by atoms with Crippen molar-refractivity contribution in [1.29, 1.82) is 0 Å². The minimum absolute atomic E-state index is 0.338. The Hall–Kier alpha value is -0.300. The fourth-order valence-corrected chi connectivity index (χ4v) is 1.48. The zero-order valence-electron chi connectivity index (χ0n) is 9.67. The van der Waals surface area contributed by atoms with Crippen molar-refractivity contribution in [2.24, 2.45) is 0 Å². The highest BCUT2D eigenvalue weighted by molar-refractivity contribution is 4.81. The third-order valence-corrected chi connectivity index (χ3v) is 2.42. The van der Waals surface area contributed by atoms with Gasteiger partial charge >= 0.3 is 0 Å². The van der Waals surface area contributed by atoms with Crippen LogP contribution >= 0.6 is 0 Å². The second-order valence-electron chi connectivity index (χ2n) is 3.89. The molecule has 0 aromatic heterocycles. The van der Waals surface area contributed by atoms with Gasteiger partial charge in [-0.2, -0.15) is 0 Å². The predicted octanol–water partition coefficient (Wildman–Crippen LogP) is 4.07. The van der Waals surface area contributed by atoms with E-state index >= 15 is 0 Å². The first-order valence-corrected chi connectivity index (χ1v) is 6.17. The number of aliphatic hydroxyl groups excluding tert-OH is 1. The van der Waals surface area contributed by atoms with Crippen molar-refractivity contribution in [3.63, 3.8) is 0 Å². The monoisotopic (exact) mass is 198 g/mol. The van der Waals surface area contributed by atoms with E-state index in [9.17, 15) is 0 Å². The topological polar surface area (TPSA) is 20.2 Å². The van der Waals surface area contributed by atoms with E-state index in [0.29, 0.717) is 6.61 Å². The molecule has 0 saturated heterocycles. The van der Waals surface area contributed by atoms with E-state index < -0.39 is 0 Å². The highest BCUT2D eigenvalue weighted by Gasteiger charge is 1.86. The van der Waals surface area contributed by atoms with Crippen LogP contribution < -0.4 is 0 Å². The average molecular weight is 198 g/mol. The van der Waals surface area contributed by atoms with Crippen molar-refractivity contribution in [3.8, 4) is 0 Å². The zero-order chi connectivity index (χ0) is 10.5. The highest BCUT2D eigenvalue weighted by Crippen LogP contribution is 2.06. The summed E-state index contributed by atoms with van der Waals surface area (Å²) in [5.41, 5.74) is 0. The smallest absolute Gasteiger partial charge is 0.0431 e. The summed E-state index contributed by atoms with van der Waals surface area (Å²) >= 11 is 0. The van der Waals surface area contributed by atoms with Crippen molar-refractivity contribution >= 4 is 0 Å². The molecule has 0 heterocycles. The lowest BCUT2D eigenvalue weighted by Crippen LogP contribution is -1.80. The second-order valence-corrected chi connectivity index (χ2v) is 3.89. The third kappa shape index (κ3) is 11.7. The SMILES string of the molecule is CCCCCCC/C=C/CCCCO. The van der Waals surface area contributed by atoms with Crippen LogP contribution in [0.4, 0.5) is 0 Å². The molecule has 0 bridgehead atoms. The fraction of sp³-hybridized carbons (Fsp3) is 0.846. The Morgan fingerprint density at radius 1 is 0.786 bits per heavy atom. The minimum atomic E-state index is 0.338. The van der Waals surface area contributed by atoms with Crippen LogP contribution in [-0.4, -0.2) is 11.7 Å². The van der Waals surface area contributed by atoms with E-state index in [1.165, 1.54) is 38.5 Å². The summed E-state index contributed by atoms with van der Waals surface area (Å²) in [6.45, 7) is 2.59. The molecule has 84 valence electrons. The minimum Gasteiger partial charge on any atom is -0.396 e. The standard InChI is InChI=1S/C13H26O/c1-2-3-4-5-6-7-8-9-10-11-12-13-14/h8-9,14H,2-7,10-13H2,1H3/b9-8+. The van der Waals surface area contributed by atoms with Gasteiger partial charge in [0.1, 0.15) is 0 Å². The molecule has 14 heavy (non-hydrogen) atoms. The lowest BCUT2D eigenvalue weighted by atomic mass is 10.1. The van der Waals surface area contributed by atoms with E-state index in [1.807, 2.05) is 0 Å². The van der Waals surface area contributed by atoms with Gasteiger partial charge in [0.2, 0.25) is 0 Å². The molecule has 0 aliphatic rings. The number of allylic oxidation sites excluding steroid dienone is 2. The van der Waals surface area contributed by atoms with Crippen LogP contribution in [0.3, 0.4) is 0 Å². The molecule has 0 atom stereocenters. The van der Waals surface area contributed by atoms with Crippen LogP contribution in [0.2, 0.25) is 0 Å². The molecule has 0 aliphatic heterocycles. The molecule has 0 aromatic rings. The van der Waals surface area contributed by atoms with Gasteiger partial charge in [-0.25, -0.2) is 0 Å². The maximum absolute atomic E-state index is 8.57. The maximum Gasteiger partial charge on any atom is 0.0431 e. The Morgan fingerprint density at radius 3 is 1.93 bits per heavy atom. The van der Waals surface area contributed by atoms with Gasteiger partial charge in [-0.15, -0.1) is 0 Å². The van der Waals surface area contributed by atoms with Crippen LogP contribution in [0.1, 0.15) is 64.7 Å². The predicted molar refractivity (Wildman–Crippen MR) is 63.5 cm³/mol. The number of rotatable bonds is 10. The van der Waals surface area contributed by atoms with Crippen molar-refractivity contribution < 1.29 is 5.11 Å². The molecule has 0 rings (SSSR count). The van der Waals surface area contributed by atoms with Gasteiger partial charge in [0, 0.05) is 6.61 Å². The average Bonchev–Trinajstić information content (AvgIpc) is 2.21. The normalized spacial score (nSPS) is 11.3. The lowest BCUT2D eigenvalue weighted by Gasteiger charge is -1.96. The van der Waals surface area contributed by atoms with Crippen LogP contribution in [0.15, 0.2) is 12.2 Å². The van der Waals surface area contributed by atoms with E-state index in [4.69, 9.17) is 5.11 Å². The van der Waals surface area contributed by atoms with Gasteiger partial charge < -0.3 is 5.11 Å². The number of hydrogen-bond acceptors (Lipinski definition) is 1. The summed E-state index contributed by atoms with van der Waals surface area (Å²) < 4.78 is 0. The van der Waals surface area contributed by atoms with E-state index in [1.54, 1.807) is 0 Å². The molecule has 0 aromatic carbocycles. The molecule has 0 amide bonds. The van der Waals surface area contributed by atoms with E-state index in [2.05, 4.69) is 19.1 Å². The molecule has 1 nitrogen and oxygen atoms in total. The maximum atomic E-state index is 8.57. The Labute approximate surface area is 89.2 Å². The first kappa shape index (κ1) is 13.7. The van der Waals surface area contributed by atoms with Gasteiger partial charge in [-0.1, -0.05) is 44.8 Å². The Morgan fingerprint density at radius 2 is 1.36 bits per heavy atom. The summed E-state index contributed by atoms with van der Waals surface area (Å²) in [6, 6.07) is 0. The Balaban J connectivity index is 2.96. The molecule has 0 fully saturated rings. The van der Waals surface area contributed by atoms with Gasteiger partial charge in [-0.05, 0) is 32.1 Å². The first-order valence-electron chi connectivity index (χ1n) is 6.17. The van der Waals surface area contributed by atoms with Crippen molar-refractivity contribution in [2.45, 2.75) is 64.7 Å². The van der Waals surface area contributed by atoms with Crippen LogP contribution in [0.5, 0.6) is 0 Å². The molecule has 0 saturated carbocycles. The highest BCUT2D eigenvalue weighted by atomic mass is 16.2. The molecular weight excluding hydrogens is 172 g/mol. The van der Waals surface area contributed by atoms with E-state index in [-0.39, 0.29) is 0 Å². The molecule has 0 aliphatic carbocycles. The van der Waals surface area contributed by atoms with Crippen LogP contribution in [-0.2, 0) is 0 Å². The summed E-state index contributed by atoms with van der Waals surface area (Å²) in [6.07, 6.45) is 15.8. The fourth-order valence-electron chi connectivity index (χ4n) is 1.48. The molecule has 0 spiro atoms. The van der Waals surface area contributed by atoms with Crippen LogP contribution in [0, 0.1) is 0 Å². The second kappa shape index (κ2) is 12.7. The number of unbranched alkanes of at least 4 members (excludes halogenated alkanes) is 7. The number of aliphatic hydroxyl groups is 1. The quantitative estimate of drug-likeness (QED) is 0.414. The lowest BCUT2D eigenvalue weighted by molar-refractivity contribution is 0.285. The molecule has 0 unspecified atom stereocenters. The number of hydrogen-bond donors (Lipinski definition) is 1. The molecule has 0 radical (unpaired) electrons. The summed E-state index contributed by atoms with van der Waals surface area (Å²) in [4.78, 5) is 0. The zero-order valence-corrected chi connectivity index (χ0v) is 9.67. The van der Waals surface area contributed by atoms with Crippen molar-refractivity contribution in [3.05, 3.63) is 12.2 Å². The third-order valence-electron chi connectivity index (χ3n) is 2.42. The van der Waals surface area contributed by atoms with Gasteiger partial charge in [-0.3, -0.25) is 0 Å². The molecule has 1 heteroatoms. The first-order chi connectivity index (χ1) is 6.91. The van der Waals surface area contributed by atoms with Crippen molar-refractivity contribution in [2.75, 3.05) is 6.61 Å². The summed E-state index contributed by atoms with van der Waals surface area (Å²) in [5, 5.41) is 8.57. The summed E-state index contributed by atoms with van der Waals surface area (Å²) in [7, 11) is 0. The van der Waals surface area contributed by atoms with Gasteiger partial charge in [0.15, 0.2) is 0 Å². The Bertz CT molecular complexity index is 118. The van der Waals surface area contributed by atoms with Crippen molar-refractivity contribution in [1.82, 2.24) is 0 Å².